The smallest absolute Gasteiger partial charge is 0.253 e. The molecule has 0 amide bonds. The van der Waals surface area contributed by atoms with Crippen molar-refractivity contribution >= 4 is 122 Å². The van der Waals surface area contributed by atoms with Crippen LogP contribution in [-0.2, 0) is 43.3 Å². The summed E-state index contributed by atoms with van der Waals surface area (Å²) in [6, 6.07) is 75.1. The Kier molecular flexibility index (Phi) is 14.9. The van der Waals surface area contributed by atoms with Crippen LogP contribution >= 0.6 is 0 Å². The van der Waals surface area contributed by atoms with Gasteiger partial charge in [-0.15, -0.1) is 0 Å². The van der Waals surface area contributed by atoms with E-state index in [1.807, 2.05) is 0 Å². The van der Waals surface area contributed by atoms with E-state index in [9.17, 15) is 0 Å². The Balaban J connectivity index is 1.13. The molecule has 5 heteroatoms. The molecule has 16 rings (SSSR count). The Morgan fingerprint density at radius 3 is 0.835 bits per heavy atom. The average Bonchev–Trinajstić information content (AvgIpc) is 0.674. The van der Waals surface area contributed by atoms with Crippen molar-refractivity contribution in [2.24, 2.45) is 0 Å². The van der Waals surface area contributed by atoms with Crippen LogP contribution in [0.1, 0.15) is 211 Å². The SMILES string of the molecule is CC(C)(C)c1cc(-c2cc(-c3cc4c5c(c3)N(c3cc(C(C)(C)C)cc(C(C)(C)C)c3)c3cc6ccc7cccc8ccc(c3B5c3c(cc5ccc9cccc%10ccc3c5c9%10)N4c3cc(C(C)(C)C)cc(C(C)(C)C)c3)c6c78)nc(-c3cc(C(C)(C)C)cc(C(C)(C)C)c3)n2)cc(C(C)(C)C)c1. The zero-order chi connectivity index (χ0) is 73.3. The number of aromatic nitrogens is 2. The summed E-state index contributed by atoms with van der Waals surface area (Å²) < 4.78 is 0. The molecule has 2 aliphatic heterocycles. The second-order valence-electron chi connectivity index (χ2n) is 39.0. The van der Waals surface area contributed by atoms with E-state index < -0.39 is 0 Å². The van der Waals surface area contributed by atoms with Crippen LogP contribution in [0.2, 0.25) is 0 Å². The van der Waals surface area contributed by atoms with Crippen molar-refractivity contribution in [1.82, 2.24) is 9.97 Å². The van der Waals surface area contributed by atoms with Crippen molar-refractivity contribution in [2.75, 3.05) is 9.80 Å². The number of fused-ring (bicyclic) bond motifs is 6. The van der Waals surface area contributed by atoms with E-state index in [4.69, 9.17) is 9.97 Å². The molecule has 0 saturated carbocycles. The first kappa shape index (κ1) is 68.1. The molecule has 518 valence electrons. The van der Waals surface area contributed by atoms with Gasteiger partial charge in [-0.25, -0.2) is 9.97 Å². The van der Waals surface area contributed by atoms with Crippen LogP contribution in [0.25, 0.3) is 98.5 Å². The summed E-state index contributed by atoms with van der Waals surface area (Å²) in [4.78, 5) is 17.4. The highest BCUT2D eigenvalue weighted by atomic mass is 15.2. The van der Waals surface area contributed by atoms with Gasteiger partial charge in [0.15, 0.2) is 5.82 Å². The van der Waals surface area contributed by atoms with Gasteiger partial charge in [0.25, 0.3) is 6.71 Å². The number of rotatable bonds is 5. The van der Waals surface area contributed by atoms with Gasteiger partial charge in [-0.3, -0.25) is 0 Å². The van der Waals surface area contributed by atoms with Crippen LogP contribution < -0.4 is 26.2 Å². The van der Waals surface area contributed by atoms with Gasteiger partial charge in [-0.05, 0) is 248 Å². The topological polar surface area (TPSA) is 32.3 Å². The number of anilines is 6. The second-order valence-corrected chi connectivity index (χ2v) is 39.0. The molecule has 0 aliphatic carbocycles. The third kappa shape index (κ3) is 11.4. The molecular formula is C98H103BN4. The summed E-state index contributed by atoms with van der Waals surface area (Å²) in [7, 11) is 0. The fourth-order valence-electron chi connectivity index (χ4n) is 16.6. The van der Waals surface area contributed by atoms with Gasteiger partial charge in [0, 0.05) is 50.8 Å². The summed E-state index contributed by atoms with van der Waals surface area (Å²) in [5, 5.41) is 15.4. The third-order valence-electron chi connectivity index (χ3n) is 23.0. The lowest BCUT2D eigenvalue weighted by molar-refractivity contribution is 0.568. The molecule has 0 N–H and O–H groups in total. The Bertz CT molecular complexity index is 5330. The normalized spacial score (nSPS) is 14.2. The van der Waals surface area contributed by atoms with Crippen molar-refractivity contribution in [3.05, 3.63) is 233 Å². The standard InChI is InChI=1S/C98H103BN4/c1-91(2,3)65-39-62(40-66(47-65)92(4,5)6)77-55-78(101-90(100-77)64-41-67(93(7,8)9)48-68(42-64)94(10,11)12)63-45-81-89-82(46-63)103(74-53-71(97(19,20)21)50-72(54-74)98(22,23)24)80-44-61-34-32-57-28-26-30-59-36-38-76(86(61)84(57)59)88(80)99(89)87-75-37-35-58-29-25-27-56-31-33-60(85(75)83(56)58)43-79(87)102(81)73-51-69(95(13,14)15)49-70(52-73)96(16,17)18/h25-55H,1-24H3. The zero-order valence-electron chi connectivity index (χ0n) is 65.8. The molecule has 2 aliphatic rings. The maximum Gasteiger partial charge on any atom is 0.253 e. The molecule has 0 radical (unpaired) electrons. The molecule has 0 spiro atoms. The van der Waals surface area contributed by atoms with E-state index in [0.29, 0.717) is 5.82 Å². The predicted molar refractivity (Wildman–Crippen MR) is 449 cm³/mol. The quantitative estimate of drug-likeness (QED) is 0.127. The van der Waals surface area contributed by atoms with Gasteiger partial charge in [0.1, 0.15) is 0 Å². The maximum atomic E-state index is 6.06. The molecule has 1 aromatic heterocycles. The summed E-state index contributed by atoms with van der Waals surface area (Å²) in [6.07, 6.45) is 0. The first-order valence-electron chi connectivity index (χ1n) is 37.8. The van der Waals surface area contributed by atoms with E-state index in [2.05, 4.69) is 364 Å². The molecule has 3 heterocycles. The van der Waals surface area contributed by atoms with Crippen molar-refractivity contribution in [3.8, 4) is 33.9 Å². The van der Waals surface area contributed by atoms with Crippen molar-refractivity contribution in [1.29, 1.82) is 0 Å². The Morgan fingerprint density at radius 1 is 0.243 bits per heavy atom. The van der Waals surface area contributed by atoms with Gasteiger partial charge >= 0.3 is 0 Å². The summed E-state index contributed by atoms with van der Waals surface area (Å²) >= 11 is 0. The summed E-state index contributed by atoms with van der Waals surface area (Å²) in [5.74, 6) is 0.713. The number of hydrogen-bond acceptors (Lipinski definition) is 4. The van der Waals surface area contributed by atoms with Gasteiger partial charge < -0.3 is 9.80 Å². The molecule has 14 aromatic rings. The molecular weight excluding hydrogens is 1240 g/mol. The molecule has 13 aromatic carbocycles. The van der Waals surface area contributed by atoms with Crippen LogP contribution in [0.3, 0.4) is 0 Å². The second kappa shape index (κ2) is 22.6. The molecule has 103 heavy (non-hydrogen) atoms. The predicted octanol–water partition coefficient (Wildman–Crippen LogP) is 25.7. The number of nitrogens with zero attached hydrogens (tertiary/aromatic N) is 4. The van der Waals surface area contributed by atoms with E-state index in [1.54, 1.807) is 0 Å². The minimum atomic E-state index is -0.241. The van der Waals surface area contributed by atoms with Gasteiger partial charge in [-0.2, -0.15) is 0 Å². The van der Waals surface area contributed by atoms with Crippen LogP contribution in [0.4, 0.5) is 34.1 Å². The van der Waals surface area contributed by atoms with E-state index in [0.717, 1.165) is 50.8 Å². The Labute approximate surface area is 613 Å². The van der Waals surface area contributed by atoms with E-state index in [-0.39, 0.29) is 50.0 Å². The van der Waals surface area contributed by atoms with E-state index in [1.165, 1.54) is 137 Å². The lowest BCUT2D eigenvalue weighted by Crippen LogP contribution is -2.62. The monoisotopic (exact) mass is 1350 g/mol. The van der Waals surface area contributed by atoms with Gasteiger partial charge in [0.2, 0.25) is 0 Å². The number of hydrogen-bond donors (Lipinski definition) is 0. The van der Waals surface area contributed by atoms with Crippen molar-refractivity contribution in [3.63, 3.8) is 0 Å². The van der Waals surface area contributed by atoms with Gasteiger partial charge in [-0.1, -0.05) is 275 Å². The third-order valence-corrected chi connectivity index (χ3v) is 23.0. The van der Waals surface area contributed by atoms with Crippen molar-refractivity contribution in [2.45, 2.75) is 209 Å². The first-order valence-corrected chi connectivity index (χ1v) is 37.8. The molecule has 0 unspecified atom stereocenters. The van der Waals surface area contributed by atoms with E-state index >= 15 is 0 Å². The summed E-state index contributed by atoms with van der Waals surface area (Å²) in [5.41, 5.74) is 24.8. The highest BCUT2D eigenvalue weighted by Gasteiger charge is 2.47. The van der Waals surface area contributed by atoms with Crippen molar-refractivity contribution < 1.29 is 0 Å². The van der Waals surface area contributed by atoms with Crippen LogP contribution in [0.15, 0.2) is 188 Å². The number of benzene rings is 13. The fourth-order valence-corrected chi connectivity index (χ4v) is 16.6. The molecule has 0 bridgehead atoms. The van der Waals surface area contributed by atoms with Crippen LogP contribution in [0.5, 0.6) is 0 Å². The van der Waals surface area contributed by atoms with Gasteiger partial charge in [0.05, 0.1) is 11.4 Å². The minimum absolute atomic E-state index is 0.132. The molecule has 4 nitrogen and oxygen atoms in total. The molecule has 0 fully saturated rings. The zero-order valence-corrected chi connectivity index (χ0v) is 65.8. The minimum Gasteiger partial charge on any atom is -0.311 e. The Hall–Kier alpha value is -9.32. The first-order chi connectivity index (χ1) is 48.1. The fraction of sp³-hybridized carbons (Fsp3) is 0.327. The maximum absolute atomic E-state index is 6.06. The molecule has 0 saturated heterocycles. The lowest BCUT2D eigenvalue weighted by atomic mass is 9.32. The lowest BCUT2D eigenvalue weighted by Gasteiger charge is -2.46. The highest BCUT2D eigenvalue weighted by Crippen LogP contribution is 2.53. The van der Waals surface area contributed by atoms with Crippen LogP contribution in [-0.4, -0.2) is 16.7 Å². The average molecular weight is 1350 g/mol. The molecule has 0 atom stereocenters. The Morgan fingerprint density at radius 2 is 0.515 bits per heavy atom. The largest absolute Gasteiger partial charge is 0.311 e. The highest BCUT2D eigenvalue weighted by molar-refractivity contribution is 7.03. The van der Waals surface area contributed by atoms with Crippen LogP contribution in [0, 0.1) is 0 Å². The summed E-state index contributed by atoms with van der Waals surface area (Å²) in [6.45, 7) is 56.3.